The summed E-state index contributed by atoms with van der Waals surface area (Å²) in [5.41, 5.74) is 7.59. The van der Waals surface area contributed by atoms with Crippen LogP contribution in [0.2, 0.25) is 0 Å². The van der Waals surface area contributed by atoms with Crippen molar-refractivity contribution in [2.75, 3.05) is 13.1 Å². The van der Waals surface area contributed by atoms with Gasteiger partial charge in [0.1, 0.15) is 0 Å². The number of nitrogens with zero attached hydrogens (tertiary/aromatic N) is 2. The lowest BCUT2D eigenvalue weighted by atomic mass is 10.1. The van der Waals surface area contributed by atoms with Crippen LogP contribution in [0.5, 0.6) is 0 Å². The monoisotopic (exact) mass is 183 g/mol. The van der Waals surface area contributed by atoms with Crippen LogP contribution in [-0.2, 0) is 0 Å². The minimum absolute atomic E-state index is 0.389. The summed E-state index contributed by atoms with van der Waals surface area (Å²) in [4.78, 5) is 7.77. The average molecular weight is 183 g/mol. The largest absolute Gasteiger partial charge is 0.325 e. The number of hydrogen-bond acceptors (Lipinski definition) is 4. The lowest BCUT2D eigenvalue weighted by Crippen LogP contribution is -2.56. The Labute approximate surface area is 76.2 Å². The van der Waals surface area contributed by atoms with E-state index in [0.717, 1.165) is 13.1 Å². The molecule has 1 unspecified atom stereocenters. The molecule has 1 atom stereocenters. The fourth-order valence-electron chi connectivity index (χ4n) is 1.48. The van der Waals surface area contributed by atoms with Gasteiger partial charge in [-0.2, -0.15) is 0 Å². The summed E-state index contributed by atoms with van der Waals surface area (Å²) in [6.07, 6.45) is 1.94. The first-order valence-corrected chi connectivity index (χ1v) is 5.03. The minimum Gasteiger partial charge on any atom is -0.325 e. The summed E-state index contributed by atoms with van der Waals surface area (Å²) in [6, 6.07) is 0.887. The van der Waals surface area contributed by atoms with E-state index in [2.05, 4.69) is 16.8 Å². The van der Waals surface area contributed by atoms with Crippen molar-refractivity contribution in [2.45, 2.75) is 19.0 Å². The molecule has 1 aliphatic rings. The van der Waals surface area contributed by atoms with Crippen molar-refractivity contribution in [2.24, 2.45) is 5.73 Å². The van der Waals surface area contributed by atoms with Gasteiger partial charge in [-0.15, -0.1) is 11.3 Å². The van der Waals surface area contributed by atoms with Crippen molar-refractivity contribution >= 4 is 11.3 Å². The minimum atomic E-state index is 0.389. The third kappa shape index (κ3) is 1.37. The Morgan fingerprint density at radius 3 is 3.00 bits per heavy atom. The molecule has 0 spiro atoms. The summed E-state index contributed by atoms with van der Waals surface area (Å²) < 4.78 is 0. The van der Waals surface area contributed by atoms with Gasteiger partial charge in [0.25, 0.3) is 0 Å². The van der Waals surface area contributed by atoms with Gasteiger partial charge in [-0.25, -0.2) is 0 Å². The Balaban J connectivity index is 1.97. The van der Waals surface area contributed by atoms with Crippen LogP contribution >= 0.6 is 11.3 Å². The Hall–Kier alpha value is -0.450. The molecule has 0 saturated carbocycles. The molecule has 1 aliphatic heterocycles. The molecule has 0 radical (unpaired) electrons. The highest BCUT2D eigenvalue weighted by molar-refractivity contribution is 7.09. The Morgan fingerprint density at radius 1 is 1.75 bits per heavy atom. The molecule has 2 heterocycles. The highest BCUT2D eigenvalue weighted by Gasteiger charge is 2.28. The predicted molar refractivity (Wildman–Crippen MR) is 50.1 cm³/mol. The summed E-state index contributed by atoms with van der Waals surface area (Å²) in [5.74, 6) is 0. The molecule has 1 saturated heterocycles. The molecule has 1 fully saturated rings. The van der Waals surface area contributed by atoms with Crippen molar-refractivity contribution in [3.8, 4) is 0 Å². The summed E-state index contributed by atoms with van der Waals surface area (Å²) in [6.45, 7) is 4.26. The summed E-state index contributed by atoms with van der Waals surface area (Å²) in [7, 11) is 0. The van der Waals surface area contributed by atoms with Gasteiger partial charge in [0, 0.05) is 36.2 Å². The maximum Gasteiger partial charge on any atom is 0.0794 e. The molecule has 2 rings (SSSR count). The predicted octanol–water partition coefficient (Wildman–Crippen LogP) is 0.847. The summed E-state index contributed by atoms with van der Waals surface area (Å²) >= 11 is 1.72. The van der Waals surface area contributed by atoms with E-state index in [-0.39, 0.29) is 0 Å². The Bertz CT molecular complexity index is 241. The molecule has 0 aromatic carbocycles. The van der Waals surface area contributed by atoms with E-state index in [0.29, 0.717) is 12.1 Å². The van der Waals surface area contributed by atoms with Gasteiger partial charge in [0.05, 0.1) is 5.51 Å². The highest BCUT2D eigenvalue weighted by Crippen LogP contribution is 2.26. The van der Waals surface area contributed by atoms with E-state index in [9.17, 15) is 0 Å². The van der Waals surface area contributed by atoms with Crippen molar-refractivity contribution in [3.05, 3.63) is 16.6 Å². The maximum absolute atomic E-state index is 5.71. The number of nitrogens with two attached hydrogens (primary N) is 1. The van der Waals surface area contributed by atoms with E-state index >= 15 is 0 Å². The molecular formula is C8H13N3S. The van der Waals surface area contributed by atoms with Crippen molar-refractivity contribution in [1.29, 1.82) is 0 Å². The van der Waals surface area contributed by atoms with Crippen LogP contribution in [-0.4, -0.2) is 29.0 Å². The van der Waals surface area contributed by atoms with Gasteiger partial charge in [-0.05, 0) is 6.92 Å². The van der Waals surface area contributed by atoms with Crippen LogP contribution in [0, 0.1) is 0 Å². The van der Waals surface area contributed by atoms with Gasteiger partial charge in [-0.3, -0.25) is 9.88 Å². The third-order valence-corrected chi connectivity index (χ3v) is 3.29. The molecule has 4 heteroatoms. The maximum atomic E-state index is 5.71. The molecule has 66 valence electrons. The zero-order valence-corrected chi connectivity index (χ0v) is 7.92. The zero-order chi connectivity index (χ0) is 8.55. The van der Waals surface area contributed by atoms with Gasteiger partial charge in [-0.1, -0.05) is 0 Å². The van der Waals surface area contributed by atoms with Gasteiger partial charge >= 0.3 is 0 Å². The van der Waals surface area contributed by atoms with Crippen molar-refractivity contribution in [1.82, 2.24) is 9.88 Å². The molecule has 0 bridgehead atoms. The molecule has 0 aliphatic carbocycles. The first-order chi connectivity index (χ1) is 5.77. The number of hydrogen-bond donors (Lipinski definition) is 1. The molecular weight excluding hydrogens is 170 g/mol. The lowest BCUT2D eigenvalue weighted by Gasteiger charge is -2.40. The Kier molecular flexibility index (Phi) is 2.12. The molecule has 1 aromatic heterocycles. The van der Waals surface area contributed by atoms with Gasteiger partial charge in [0.2, 0.25) is 0 Å². The highest BCUT2D eigenvalue weighted by atomic mass is 32.1. The Morgan fingerprint density at radius 2 is 2.50 bits per heavy atom. The quantitative estimate of drug-likeness (QED) is 0.739. The SMILES string of the molecule is CC(c1cncs1)N1CC(N)C1. The van der Waals surface area contributed by atoms with E-state index in [1.807, 2.05) is 11.7 Å². The second-order valence-electron chi connectivity index (χ2n) is 3.29. The third-order valence-electron chi connectivity index (χ3n) is 2.35. The first kappa shape index (κ1) is 8.16. The van der Waals surface area contributed by atoms with Gasteiger partial charge in [0.15, 0.2) is 0 Å². The van der Waals surface area contributed by atoms with Crippen LogP contribution in [0.25, 0.3) is 0 Å². The first-order valence-electron chi connectivity index (χ1n) is 4.15. The number of likely N-dealkylation sites (tertiary alicyclic amines) is 1. The molecule has 2 N–H and O–H groups in total. The molecule has 0 amide bonds. The van der Waals surface area contributed by atoms with E-state index in [1.54, 1.807) is 11.3 Å². The van der Waals surface area contributed by atoms with Crippen molar-refractivity contribution in [3.63, 3.8) is 0 Å². The van der Waals surface area contributed by atoms with Crippen LogP contribution in [0.3, 0.4) is 0 Å². The van der Waals surface area contributed by atoms with Gasteiger partial charge < -0.3 is 5.73 Å². The molecule has 1 aromatic rings. The van der Waals surface area contributed by atoms with Crippen LogP contribution < -0.4 is 5.73 Å². The normalized spacial score (nSPS) is 22.2. The van der Waals surface area contributed by atoms with Crippen LogP contribution in [0.15, 0.2) is 11.7 Å². The zero-order valence-electron chi connectivity index (χ0n) is 7.10. The lowest BCUT2D eigenvalue weighted by molar-refractivity contribution is 0.105. The fraction of sp³-hybridized carbons (Fsp3) is 0.625. The summed E-state index contributed by atoms with van der Waals surface area (Å²) in [5, 5.41) is 0. The second-order valence-corrected chi connectivity index (χ2v) is 4.21. The molecule has 12 heavy (non-hydrogen) atoms. The van der Waals surface area contributed by atoms with E-state index in [4.69, 9.17) is 5.73 Å². The van der Waals surface area contributed by atoms with Crippen LogP contribution in [0.1, 0.15) is 17.8 Å². The molecule has 3 nitrogen and oxygen atoms in total. The second kappa shape index (κ2) is 3.12. The topological polar surface area (TPSA) is 42.2 Å². The van der Waals surface area contributed by atoms with Crippen LogP contribution in [0.4, 0.5) is 0 Å². The standard InChI is InChI=1S/C8H13N3S/c1-6(8-2-10-5-12-8)11-3-7(9)4-11/h2,5-7H,3-4,9H2,1H3. The fourth-order valence-corrected chi connectivity index (χ4v) is 2.19. The van der Waals surface area contributed by atoms with E-state index in [1.165, 1.54) is 4.88 Å². The van der Waals surface area contributed by atoms with Crippen molar-refractivity contribution < 1.29 is 0 Å². The number of rotatable bonds is 2. The van der Waals surface area contributed by atoms with E-state index < -0.39 is 0 Å². The smallest absolute Gasteiger partial charge is 0.0794 e. The number of aromatic nitrogens is 1. The number of thiazole rings is 1. The average Bonchev–Trinajstić information content (AvgIpc) is 2.49.